The number of carbonyl (C=O) groups excluding carboxylic acids is 1. The normalized spacial score (nSPS) is 23.2. The van der Waals surface area contributed by atoms with E-state index < -0.39 is 16.2 Å². The van der Waals surface area contributed by atoms with Crippen LogP contribution in [0.3, 0.4) is 0 Å². The third-order valence-electron chi connectivity index (χ3n) is 3.55. The number of esters is 1. The Morgan fingerprint density at radius 2 is 2.20 bits per heavy atom. The van der Waals surface area contributed by atoms with E-state index in [1.165, 1.54) is 14.2 Å². The molecular weight excluding hydrogens is 284 g/mol. The molecular formula is C12H24N2O5S. The largest absolute Gasteiger partial charge is 0.469 e. The summed E-state index contributed by atoms with van der Waals surface area (Å²) in [6.45, 7) is 3.17. The van der Waals surface area contributed by atoms with E-state index in [1.807, 2.05) is 6.92 Å². The van der Waals surface area contributed by atoms with Gasteiger partial charge in [-0.3, -0.25) is 4.79 Å². The quantitative estimate of drug-likeness (QED) is 0.644. The minimum Gasteiger partial charge on any atom is -0.469 e. The van der Waals surface area contributed by atoms with Crippen LogP contribution in [0.15, 0.2) is 0 Å². The van der Waals surface area contributed by atoms with Gasteiger partial charge in [0.15, 0.2) is 0 Å². The van der Waals surface area contributed by atoms with Gasteiger partial charge in [-0.2, -0.15) is 12.7 Å². The third kappa shape index (κ3) is 5.01. The maximum Gasteiger partial charge on any atom is 0.306 e. The molecule has 0 aromatic carbocycles. The van der Waals surface area contributed by atoms with Crippen LogP contribution in [0.4, 0.5) is 0 Å². The molecule has 2 unspecified atom stereocenters. The summed E-state index contributed by atoms with van der Waals surface area (Å²) in [5.74, 6) is -0.217. The molecule has 8 heteroatoms. The van der Waals surface area contributed by atoms with Crippen LogP contribution >= 0.6 is 0 Å². The average molecular weight is 308 g/mol. The zero-order chi connectivity index (χ0) is 15.2. The molecule has 7 nitrogen and oxygen atoms in total. The summed E-state index contributed by atoms with van der Waals surface area (Å²) in [7, 11) is -0.847. The van der Waals surface area contributed by atoms with Crippen molar-refractivity contribution in [2.24, 2.45) is 5.92 Å². The van der Waals surface area contributed by atoms with E-state index in [2.05, 4.69) is 9.46 Å². The average Bonchev–Trinajstić information content (AvgIpc) is 2.89. The minimum absolute atomic E-state index is 0.0397. The maximum atomic E-state index is 12.0. The molecule has 0 amide bonds. The van der Waals surface area contributed by atoms with Crippen LogP contribution < -0.4 is 4.72 Å². The van der Waals surface area contributed by atoms with Gasteiger partial charge in [-0.05, 0) is 12.8 Å². The van der Waals surface area contributed by atoms with E-state index in [-0.39, 0.29) is 25.0 Å². The zero-order valence-corrected chi connectivity index (χ0v) is 13.1. The molecule has 1 fully saturated rings. The Hall–Kier alpha value is -0.700. The second-order valence-electron chi connectivity index (χ2n) is 4.87. The van der Waals surface area contributed by atoms with Crippen molar-refractivity contribution < 1.29 is 22.7 Å². The predicted octanol–water partition coefficient (Wildman–Crippen LogP) is 0.131. The lowest BCUT2D eigenvalue weighted by Crippen LogP contribution is -2.42. The lowest BCUT2D eigenvalue weighted by atomic mass is 10.0. The molecule has 1 saturated heterocycles. The van der Waals surface area contributed by atoms with Crippen LogP contribution in [0, 0.1) is 5.92 Å². The molecule has 0 spiro atoms. The first-order chi connectivity index (χ1) is 9.40. The highest BCUT2D eigenvalue weighted by molar-refractivity contribution is 7.87. The molecule has 0 saturated carbocycles. The molecule has 0 aromatic heterocycles. The molecule has 2 atom stereocenters. The first-order valence-electron chi connectivity index (χ1n) is 6.80. The lowest BCUT2D eigenvalue weighted by Gasteiger charge is -2.21. The lowest BCUT2D eigenvalue weighted by molar-refractivity contribution is -0.140. The predicted molar refractivity (Wildman–Crippen MR) is 74.3 cm³/mol. The molecule has 1 N–H and O–H groups in total. The summed E-state index contributed by atoms with van der Waals surface area (Å²) in [5.41, 5.74) is 0. The van der Waals surface area contributed by atoms with Crippen LogP contribution in [-0.2, 0) is 24.5 Å². The van der Waals surface area contributed by atoms with Crippen molar-refractivity contribution in [3.8, 4) is 0 Å². The Balaban J connectivity index is 2.42. The highest BCUT2D eigenvalue weighted by Crippen LogP contribution is 2.22. The van der Waals surface area contributed by atoms with Gasteiger partial charge in [-0.25, -0.2) is 4.72 Å². The number of methoxy groups -OCH3 is 1. The monoisotopic (exact) mass is 308 g/mol. The van der Waals surface area contributed by atoms with Gasteiger partial charge in [0, 0.05) is 32.7 Å². The van der Waals surface area contributed by atoms with Crippen molar-refractivity contribution in [2.75, 3.05) is 33.9 Å². The summed E-state index contributed by atoms with van der Waals surface area (Å²) in [6, 6.07) is 0. The smallest absolute Gasteiger partial charge is 0.306 e. The van der Waals surface area contributed by atoms with Gasteiger partial charge in [0.25, 0.3) is 10.2 Å². The van der Waals surface area contributed by atoms with Gasteiger partial charge in [0.2, 0.25) is 0 Å². The number of hydrogen-bond donors (Lipinski definition) is 1. The second-order valence-corrected chi connectivity index (χ2v) is 6.73. The van der Waals surface area contributed by atoms with Crippen molar-refractivity contribution >= 4 is 16.2 Å². The maximum absolute atomic E-state index is 12.0. The molecule has 0 aliphatic carbocycles. The Kier molecular flexibility index (Phi) is 6.87. The Morgan fingerprint density at radius 1 is 1.50 bits per heavy atom. The topological polar surface area (TPSA) is 84.9 Å². The molecule has 118 valence electrons. The fraction of sp³-hybridized carbons (Fsp3) is 0.917. The highest BCUT2D eigenvalue weighted by atomic mass is 32.2. The summed E-state index contributed by atoms with van der Waals surface area (Å²) in [5, 5.41) is 0. The van der Waals surface area contributed by atoms with Crippen LogP contribution in [-0.4, -0.2) is 58.7 Å². The van der Waals surface area contributed by atoms with E-state index in [0.717, 1.165) is 17.1 Å². The van der Waals surface area contributed by atoms with Gasteiger partial charge in [0.05, 0.1) is 19.6 Å². The van der Waals surface area contributed by atoms with Crippen molar-refractivity contribution in [1.29, 1.82) is 0 Å². The van der Waals surface area contributed by atoms with Gasteiger partial charge in [-0.1, -0.05) is 6.92 Å². The summed E-state index contributed by atoms with van der Waals surface area (Å²) in [4.78, 5) is 11.0. The van der Waals surface area contributed by atoms with Crippen molar-refractivity contribution in [3.63, 3.8) is 0 Å². The van der Waals surface area contributed by atoms with Gasteiger partial charge in [-0.15, -0.1) is 0 Å². The highest BCUT2D eigenvalue weighted by Gasteiger charge is 2.28. The number of nitrogens with one attached hydrogen (secondary N) is 1. The Labute approximate surface area is 120 Å². The molecule has 1 rings (SSSR count). The Morgan fingerprint density at radius 3 is 2.80 bits per heavy atom. The van der Waals surface area contributed by atoms with E-state index >= 15 is 0 Å². The molecule has 0 bridgehead atoms. The summed E-state index contributed by atoms with van der Waals surface area (Å²) < 4.78 is 37.7. The SMILES string of the molecule is CCC1OCCC1CNS(=O)(=O)N(C)CCC(=O)OC. The summed E-state index contributed by atoms with van der Waals surface area (Å²) in [6.07, 6.45) is 1.91. The second kappa shape index (κ2) is 7.92. The molecule has 1 aliphatic rings. The number of rotatable bonds is 8. The van der Waals surface area contributed by atoms with Crippen LogP contribution in [0.2, 0.25) is 0 Å². The first kappa shape index (κ1) is 17.4. The van der Waals surface area contributed by atoms with Gasteiger partial charge in [0.1, 0.15) is 0 Å². The molecule has 20 heavy (non-hydrogen) atoms. The van der Waals surface area contributed by atoms with Crippen LogP contribution in [0.25, 0.3) is 0 Å². The van der Waals surface area contributed by atoms with Crippen LogP contribution in [0.5, 0.6) is 0 Å². The van der Waals surface area contributed by atoms with Crippen molar-refractivity contribution in [1.82, 2.24) is 9.03 Å². The van der Waals surface area contributed by atoms with Gasteiger partial charge >= 0.3 is 5.97 Å². The fourth-order valence-electron chi connectivity index (χ4n) is 2.17. The first-order valence-corrected chi connectivity index (χ1v) is 8.24. The zero-order valence-electron chi connectivity index (χ0n) is 12.3. The number of ether oxygens (including phenoxy) is 2. The molecule has 1 heterocycles. The fourth-order valence-corrected chi connectivity index (χ4v) is 3.15. The number of hydrogen-bond acceptors (Lipinski definition) is 5. The van der Waals surface area contributed by atoms with Gasteiger partial charge < -0.3 is 9.47 Å². The van der Waals surface area contributed by atoms with Crippen molar-refractivity contribution in [2.45, 2.75) is 32.3 Å². The van der Waals surface area contributed by atoms with E-state index in [4.69, 9.17) is 4.74 Å². The standard InChI is InChI=1S/C12H24N2O5S/c1-4-11-10(6-8-19-11)9-13-20(16,17)14(2)7-5-12(15)18-3/h10-11,13H,4-9H2,1-3H3. The molecule has 0 aromatic rings. The van der Waals surface area contributed by atoms with Crippen molar-refractivity contribution in [3.05, 3.63) is 0 Å². The van der Waals surface area contributed by atoms with Crippen LogP contribution in [0.1, 0.15) is 26.2 Å². The van der Waals surface area contributed by atoms with E-state index in [1.54, 1.807) is 0 Å². The molecule has 0 radical (unpaired) electrons. The number of nitrogens with zero attached hydrogens (tertiary/aromatic N) is 1. The van der Waals surface area contributed by atoms with E-state index in [0.29, 0.717) is 13.2 Å². The molecule has 1 aliphatic heterocycles. The van der Waals surface area contributed by atoms with E-state index in [9.17, 15) is 13.2 Å². The summed E-state index contributed by atoms with van der Waals surface area (Å²) >= 11 is 0. The Bertz CT molecular complexity index is 412. The number of carbonyl (C=O) groups is 1. The minimum atomic E-state index is -3.56. The third-order valence-corrected chi connectivity index (χ3v) is 5.08.